The Labute approximate surface area is 156 Å². The van der Waals surface area contributed by atoms with Gasteiger partial charge in [0.05, 0.1) is 11.6 Å². The molecule has 1 amide bonds. The van der Waals surface area contributed by atoms with Gasteiger partial charge in [-0.25, -0.2) is 4.79 Å². The summed E-state index contributed by atoms with van der Waals surface area (Å²) < 4.78 is 6.18. The molecule has 0 aliphatic carbocycles. The second-order valence-electron chi connectivity index (χ2n) is 8.65. The highest BCUT2D eigenvalue weighted by atomic mass is 16.6. The number of benzene rings is 1. The Bertz CT molecular complexity index is 629. The largest absolute Gasteiger partial charge is 0.465 e. The standard InChI is InChI=1S/C21H32N2O3/c1-20(2)18(26-21(3,4)23(20)19(24)25)13-12-17-11-8-14-22(17)15-16-9-6-5-7-10-16/h5-7,9-10,17-18H,8,11-15H2,1-4H3,(H,24,25)/t17-,18?/m0/s1. The summed E-state index contributed by atoms with van der Waals surface area (Å²) in [6.07, 6.45) is 3.40. The Morgan fingerprint density at radius 3 is 2.50 bits per heavy atom. The molecule has 0 radical (unpaired) electrons. The fraction of sp³-hybridized carbons (Fsp3) is 0.667. The molecule has 2 atom stereocenters. The van der Waals surface area contributed by atoms with Crippen molar-refractivity contribution in [1.82, 2.24) is 9.80 Å². The predicted octanol–water partition coefficient (Wildman–Crippen LogP) is 4.32. The Kier molecular flexibility index (Phi) is 5.31. The highest BCUT2D eigenvalue weighted by Crippen LogP contribution is 2.42. The number of hydrogen-bond donors (Lipinski definition) is 1. The number of nitrogens with zero attached hydrogens (tertiary/aromatic N) is 2. The van der Waals surface area contributed by atoms with Crippen molar-refractivity contribution in [2.75, 3.05) is 6.54 Å². The molecule has 2 aliphatic rings. The Hall–Kier alpha value is -1.59. The van der Waals surface area contributed by atoms with Crippen LogP contribution in [-0.4, -0.2) is 51.0 Å². The van der Waals surface area contributed by atoms with E-state index in [0.29, 0.717) is 6.04 Å². The molecule has 1 unspecified atom stereocenters. The molecule has 3 rings (SSSR count). The van der Waals surface area contributed by atoms with Crippen LogP contribution < -0.4 is 0 Å². The summed E-state index contributed by atoms with van der Waals surface area (Å²) in [7, 11) is 0. The quantitative estimate of drug-likeness (QED) is 0.849. The van der Waals surface area contributed by atoms with Crippen molar-refractivity contribution in [3.8, 4) is 0 Å². The molecule has 1 aromatic rings. The minimum absolute atomic E-state index is 0.0761. The highest BCUT2D eigenvalue weighted by molar-refractivity contribution is 5.67. The van der Waals surface area contributed by atoms with Crippen LogP contribution in [0.5, 0.6) is 0 Å². The van der Waals surface area contributed by atoms with Gasteiger partial charge in [-0.2, -0.15) is 0 Å². The summed E-state index contributed by atoms with van der Waals surface area (Å²) in [5.41, 5.74) is 0.0625. The molecule has 2 heterocycles. The molecule has 0 bridgehead atoms. The summed E-state index contributed by atoms with van der Waals surface area (Å²) in [6.45, 7) is 9.79. The monoisotopic (exact) mass is 360 g/mol. The molecule has 0 aromatic heterocycles. The van der Waals surface area contributed by atoms with Gasteiger partial charge in [0, 0.05) is 12.6 Å². The second-order valence-corrected chi connectivity index (χ2v) is 8.65. The van der Waals surface area contributed by atoms with Crippen molar-refractivity contribution in [1.29, 1.82) is 0 Å². The van der Waals surface area contributed by atoms with Crippen LogP contribution in [0.4, 0.5) is 4.79 Å². The lowest BCUT2D eigenvalue weighted by Crippen LogP contribution is -2.53. The molecule has 0 spiro atoms. The minimum Gasteiger partial charge on any atom is -0.465 e. The van der Waals surface area contributed by atoms with Gasteiger partial charge in [0.25, 0.3) is 0 Å². The van der Waals surface area contributed by atoms with Crippen molar-refractivity contribution in [2.45, 2.75) is 83.3 Å². The topological polar surface area (TPSA) is 53.0 Å². The van der Waals surface area contributed by atoms with Crippen LogP contribution in [0.25, 0.3) is 0 Å². The van der Waals surface area contributed by atoms with Gasteiger partial charge in [-0.3, -0.25) is 9.80 Å². The Morgan fingerprint density at radius 1 is 1.19 bits per heavy atom. The van der Waals surface area contributed by atoms with Crippen LogP contribution in [0.15, 0.2) is 30.3 Å². The van der Waals surface area contributed by atoms with E-state index in [4.69, 9.17) is 4.74 Å². The summed E-state index contributed by atoms with van der Waals surface area (Å²) in [5.74, 6) is 0. The predicted molar refractivity (Wildman–Crippen MR) is 102 cm³/mol. The van der Waals surface area contributed by atoms with Gasteiger partial charge >= 0.3 is 6.09 Å². The molecule has 5 heteroatoms. The molecule has 2 fully saturated rings. The first-order valence-electron chi connectivity index (χ1n) is 9.71. The van der Waals surface area contributed by atoms with E-state index in [9.17, 15) is 9.90 Å². The third kappa shape index (κ3) is 3.74. The third-order valence-corrected chi connectivity index (χ3v) is 6.01. The van der Waals surface area contributed by atoms with Gasteiger partial charge in [0.1, 0.15) is 5.72 Å². The lowest BCUT2D eigenvalue weighted by atomic mass is 9.91. The van der Waals surface area contributed by atoms with Crippen LogP contribution >= 0.6 is 0 Å². The number of ether oxygens (including phenoxy) is 1. The van der Waals surface area contributed by atoms with Crippen LogP contribution in [-0.2, 0) is 11.3 Å². The minimum atomic E-state index is -0.908. The first-order valence-corrected chi connectivity index (χ1v) is 9.71. The normalized spacial score (nSPS) is 27.8. The average Bonchev–Trinajstić information content (AvgIpc) is 3.05. The molecule has 26 heavy (non-hydrogen) atoms. The maximum absolute atomic E-state index is 11.7. The highest BCUT2D eigenvalue weighted by Gasteiger charge is 2.55. The molecular weight excluding hydrogens is 328 g/mol. The maximum atomic E-state index is 11.7. The van der Waals surface area contributed by atoms with E-state index in [1.54, 1.807) is 0 Å². The van der Waals surface area contributed by atoms with E-state index >= 15 is 0 Å². The summed E-state index contributed by atoms with van der Waals surface area (Å²) >= 11 is 0. The summed E-state index contributed by atoms with van der Waals surface area (Å²) in [6, 6.07) is 11.2. The number of carbonyl (C=O) groups is 1. The summed E-state index contributed by atoms with van der Waals surface area (Å²) in [4.78, 5) is 15.8. The van der Waals surface area contributed by atoms with Crippen LogP contribution in [0.2, 0.25) is 0 Å². The fourth-order valence-electron chi connectivity index (χ4n) is 4.86. The van der Waals surface area contributed by atoms with Crippen LogP contribution in [0.1, 0.15) is 58.9 Å². The molecule has 1 N–H and O–H groups in total. The van der Waals surface area contributed by atoms with Gasteiger partial charge < -0.3 is 9.84 Å². The van der Waals surface area contributed by atoms with Crippen LogP contribution in [0, 0.1) is 0 Å². The maximum Gasteiger partial charge on any atom is 0.410 e. The Morgan fingerprint density at radius 2 is 1.88 bits per heavy atom. The lowest BCUT2D eigenvalue weighted by Gasteiger charge is -2.36. The second kappa shape index (κ2) is 7.20. The van der Waals surface area contributed by atoms with Gasteiger partial charge in [0.15, 0.2) is 0 Å². The first-order chi connectivity index (χ1) is 12.2. The van der Waals surface area contributed by atoms with Gasteiger partial charge in [-0.1, -0.05) is 30.3 Å². The van der Waals surface area contributed by atoms with Crippen molar-refractivity contribution >= 4 is 6.09 Å². The van der Waals surface area contributed by atoms with Crippen molar-refractivity contribution < 1.29 is 14.6 Å². The molecule has 144 valence electrons. The zero-order valence-electron chi connectivity index (χ0n) is 16.4. The lowest BCUT2D eigenvalue weighted by molar-refractivity contribution is -0.0692. The number of carboxylic acid groups (broad SMARTS) is 1. The van der Waals surface area contributed by atoms with E-state index in [1.807, 2.05) is 27.7 Å². The van der Waals surface area contributed by atoms with E-state index < -0.39 is 17.4 Å². The Balaban J connectivity index is 1.62. The zero-order chi connectivity index (χ0) is 18.9. The zero-order valence-corrected chi connectivity index (χ0v) is 16.4. The number of hydrogen-bond acceptors (Lipinski definition) is 3. The van der Waals surface area contributed by atoms with Crippen molar-refractivity contribution in [3.63, 3.8) is 0 Å². The van der Waals surface area contributed by atoms with E-state index in [-0.39, 0.29) is 6.10 Å². The number of rotatable bonds is 5. The third-order valence-electron chi connectivity index (χ3n) is 6.01. The van der Waals surface area contributed by atoms with Gasteiger partial charge in [-0.15, -0.1) is 0 Å². The van der Waals surface area contributed by atoms with Gasteiger partial charge in [-0.05, 0) is 65.5 Å². The van der Waals surface area contributed by atoms with Crippen molar-refractivity contribution in [3.05, 3.63) is 35.9 Å². The fourth-order valence-corrected chi connectivity index (χ4v) is 4.86. The molecular formula is C21H32N2O3. The molecule has 5 nitrogen and oxygen atoms in total. The van der Waals surface area contributed by atoms with Crippen LogP contribution in [0.3, 0.4) is 0 Å². The molecule has 0 saturated carbocycles. The smallest absolute Gasteiger partial charge is 0.410 e. The number of amides is 1. The molecule has 1 aromatic carbocycles. The molecule has 2 saturated heterocycles. The molecule has 2 aliphatic heterocycles. The number of likely N-dealkylation sites (tertiary alicyclic amines) is 1. The van der Waals surface area contributed by atoms with Crippen molar-refractivity contribution in [2.24, 2.45) is 0 Å². The van der Waals surface area contributed by atoms with Gasteiger partial charge in [0.2, 0.25) is 0 Å². The van der Waals surface area contributed by atoms with E-state index in [1.165, 1.54) is 23.3 Å². The first kappa shape index (κ1) is 19.2. The SMILES string of the molecule is CC1(C)OC(CC[C@@H]2CCCN2Cc2ccccc2)C(C)(C)N1C(=O)O. The summed E-state index contributed by atoms with van der Waals surface area (Å²) in [5, 5.41) is 9.63. The average molecular weight is 360 g/mol. The van der Waals surface area contributed by atoms with E-state index in [0.717, 1.165) is 25.9 Å². The van der Waals surface area contributed by atoms with E-state index in [2.05, 4.69) is 35.2 Å².